The van der Waals surface area contributed by atoms with Crippen molar-refractivity contribution in [1.82, 2.24) is 0 Å². The molecule has 0 aromatic carbocycles. The van der Waals surface area contributed by atoms with Crippen LogP contribution in [0.1, 0.15) is 188 Å². The second kappa shape index (κ2) is 20.6. The number of allylic oxidation sites excluding steroid dienone is 4. The predicted octanol–water partition coefficient (Wildman–Crippen LogP) is 12.0. The van der Waals surface area contributed by atoms with Gasteiger partial charge in [0.05, 0.1) is 6.10 Å². The van der Waals surface area contributed by atoms with Gasteiger partial charge in [-0.15, -0.1) is 0 Å². The Labute approximate surface area is 306 Å². The molecule has 4 fully saturated rings. The molecule has 10 unspecified atom stereocenters. The Morgan fingerprint density at radius 2 is 1.44 bits per heavy atom. The van der Waals surface area contributed by atoms with Crippen molar-refractivity contribution < 1.29 is 24.5 Å². The van der Waals surface area contributed by atoms with Gasteiger partial charge in [-0.3, -0.25) is 9.59 Å². The highest BCUT2D eigenvalue weighted by molar-refractivity contribution is 5.69. The van der Waals surface area contributed by atoms with Crippen molar-refractivity contribution in [2.75, 3.05) is 0 Å². The molecule has 286 valence electrons. The number of carbonyl (C=O) groups excluding carboxylic acids is 1. The van der Waals surface area contributed by atoms with Gasteiger partial charge < -0.3 is 14.9 Å². The number of esters is 1. The van der Waals surface area contributed by atoms with E-state index >= 15 is 0 Å². The van der Waals surface area contributed by atoms with Crippen LogP contribution >= 0.6 is 0 Å². The zero-order chi connectivity index (χ0) is 36.0. The summed E-state index contributed by atoms with van der Waals surface area (Å²) < 4.78 is 6.10. The van der Waals surface area contributed by atoms with Gasteiger partial charge in [0.1, 0.15) is 6.10 Å². The van der Waals surface area contributed by atoms with E-state index in [4.69, 9.17) is 4.74 Å². The third-order valence-electron chi connectivity index (χ3n) is 14.7. The second-order valence-corrected chi connectivity index (χ2v) is 17.8. The van der Waals surface area contributed by atoms with E-state index in [0.29, 0.717) is 48.3 Å². The number of unbranched alkanes of at least 4 members (excludes halogenated alkanes) is 11. The van der Waals surface area contributed by atoms with Crippen molar-refractivity contribution in [3.05, 3.63) is 24.3 Å². The zero-order valence-electron chi connectivity index (χ0n) is 32.7. The molecule has 4 aliphatic carbocycles. The van der Waals surface area contributed by atoms with Crippen LogP contribution in [0, 0.1) is 46.3 Å². The molecule has 0 aromatic heterocycles. The van der Waals surface area contributed by atoms with Crippen LogP contribution in [0.25, 0.3) is 0 Å². The number of rotatable bonds is 22. The maximum atomic E-state index is 12.8. The minimum absolute atomic E-state index is 0.00304. The van der Waals surface area contributed by atoms with Gasteiger partial charge in [0.15, 0.2) is 0 Å². The van der Waals surface area contributed by atoms with E-state index in [0.717, 1.165) is 51.4 Å². The molecule has 0 aromatic rings. The molecule has 0 radical (unpaired) electrons. The van der Waals surface area contributed by atoms with Crippen LogP contribution in [-0.4, -0.2) is 34.4 Å². The Hall–Kier alpha value is -1.62. The van der Waals surface area contributed by atoms with E-state index < -0.39 is 5.97 Å². The first-order valence-electron chi connectivity index (χ1n) is 21.5. The van der Waals surface area contributed by atoms with Gasteiger partial charge in [-0.05, 0) is 143 Å². The summed E-state index contributed by atoms with van der Waals surface area (Å²) in [4.78, 5) is 24.1. The highest BCUT2D eigenvalue weighted by Crippen LogP contribution is 2.68. The quantitative estimate of drug-likeness (QED) is 0.0669. The van der Waals surface area contributed by atoms with Crippen molar-refractivity contribution in [3.8, 4) is 0 Å². The third kappa shape index (κ3) is 11.0. The van der Waals surface area contributed by atoms with E-state index in [9.17, 15) is 19.8 Å². The molecule has 0 spiro atoms. The van der Waals surface area contributed by atoms with Crippen molar-refractivity contribution >= 4 is 11.9 Å². The lowest BCUT2D eigenvalue weighted by Crippen LogP contribution is -2.59. The highest BCUT2D eigenvalue weighted by atomic mass is 16.5. The fourth-order valence-corrected chi connectivity index (χ4v) is 11.7. The summed E-state index contributed by atoms with van der Waals surface area (Å²) in [6, 6.07) is 0. The molecule has 5 nitrogen and oxygen atoms in total. The first-order chi connectivity index (χ1) is 24.1. The van der Waals surface area contributed by atoms with Gasteiger partial charge in [0.2, 0.25) is 0 Å². The Morgan fingerprint density at radius 3 is 2.12 bits per heavy atom. The fraction of sp³-hybridized carbons (Fsp3) is 0.867. The van der Waals surface area contributed by atoms with E-state index in [1.165, 1.54) is 89.9 Å². The third-order valence-corrected chi connectivity index (χ3v) is 14.7. The van der Waals surface area contributed by atoms with Gasteiger partial charge in [0, 0.05) is 12.8 Å². The number of aliphatic hydroxyl groups excluding tert-OH is 1. The maximum Gasteiger partial charge on any atom is 0.306 e. The van der Waals surface area contributed by atoms with Gasteiger partial charge >= 0.3 is 11.9 Å². The summed E-state index contributed by atoms with van der Waals surface area (Å²) in [5.74, 6) is 2.31. The lowest BCUT2D eigenvalue weighted by atomic mass is 9.43. The van der Waals surface area contributed by atoms with Crippen LogP contribution in [-0.2, 0) is 14.3 Å². The molecule has 0 heterocycles. The summed E-state index contributed by atoms with van der Waals surface area (Å²) in [5.41, 5.74) is 0.110. The SMILES string of the molecule is CCCCCC/C=C\C/C=C\CCCCCCCCCC(=O)OC1CCC2(C)C(CCC3C2CC(O)C2(C)C(C(C)CCC(=O)O)CCC32)C1. The lowest BCUT2D eigenvalue weighted by molar-refractivity contribution is -0.181. The molecule has 4 aliphatic rings. The van der Waals surface area contributed by atoms with Crippen LogP contribution in [0.3, 0.4) is 0 Å². The number of ether oxygens (including phenoxy) is 1. The van der Waals surface area contributed by atoms with Crippen LogP contribution < -0.4 is 0 Å². The Kier molecular flexibility index (Phi) is 16.9. The first kappa shape index (κ1) is 41.1. The number of carboxylic acid groups (broad SMARTS) is 1. The van der Waals surface area contributed by atoms with Crippen LogP contribution in [0.15, 0.2) is 24.3 Å². The Morgan fingerprint density at radius 1 is 0.780 bits per heavy atom. The molecule has 5 heteroatoms. The standard InChI is InChI=1S/C45H76O5/c1-5-6-7-8-9-10-11-12-13-14-15-16-17-18-19-20-21-22-23-43(49)50-36-30-31-44(3)35(32-36)25-26-37-39-28-27-38(34(2)24-29-42(47)48)45(39,4)41(46)33-40(37)44/h10-11,13-14,34-41,46H,5-9,12,15-33H2,1-4H3,(H,47,48)/b11-10-,14-13-. The monoisotopic (exact) mass is 697 g/mol. The summed E-state index contributed by atoms with van der Waals surface area (Å²) in [6.45, 7) is 9.32. The van der Waals surface area contributed by atoms with E-state index in [2.05, 4.69) is 52.0 Å². The number of fused-ring (bicyclic) bond motifs is 5. The molecular weight excluding hydrogens is 620 g/mol. The fourth-order valence-electron chi connectivity index (χ4n) is 11.7. The second-order valence-electron chi connectivity index (χ2n) is 17.8. The molecule has 0 aliphatic heterocycles. The molecule has 0 saturated heterocycles. The topological polar surface area (TPSA) is 83.8 Å². The highest BCUT2D eigenvalue weighted by Gasteiger charge is 2.63. The normalized spacial score (nSPS) is 34.4. The van der Waals surface area contributed by atoms with Crippen molar-refractivity contribution in [2.45, 2.75) is 200 Å². The number of carboxylic acids is 1. The maximum absolute atomic E-state index is 12.8. The number of hydrogen-bond donors (Lipinski definition) is 2. The first-order valence-corrected chi connectivity index (χ1v) is 21.5. The molecule has 4 rings (SSSR count). The Balaban J connectivity index is 1.08. The molecule has 0 amide bonds. The average molecular weight is 697 g/mol. The lowest BCUT2D eigenvalue weighted by Gasteiger charge is -2.62. The van der Waals surface area contributed by atoms with Crippen LogP contribution in [0.5, 0.6) is 0 Å². The number of hydrogen-bond acceptors (Lipinski definition) is 4. The molecule has 10 atom stereocenters. The summed E-state index contributed by atoms with van der Waals surface area (Å²) in [5, 5.41) is 21.1. The van der Waals surface area contributed by atoms with Crippen molar-refractivity contribution in [1.29, 1.82) is 0 Å². The minimum Gasteiger partial charge on any atom is -0.481 e. The van der Waals surface area contributed by atoms with Crippen molar-refractivity contribution in [3.63, 3.8) is 0 Å². The molecule has 50 heavy (non-hydrogen) atoms. The molecule has 0 bridgehead atoms. The summed E-state index contributed by atoms with van der Waals surface area (Å²) in [7, 11) is 0. The smallest absolute Gasteiger partial charge is 0.306 e. The number of aliphatic carboxylic acids is 1. The molecule has 2 N–H and O–H groups in total. The summed E-state index contributed by atoms with van der Waals surface area (Å²) >= 11 is 0. The van der Waals surface area contributed by atoms with Crippen LogP contribution in [0.2, 0.25) is 0 Å². The van der Waals surface area contributed by atoms with E-state index in [1.54, 1.807) is 0 Å². The van der Waals surface area contributed by atoms with E-state index in [1.807, 2.05) is 0 Å². The van der Waals surface area contributed by atoms with E-state index in [-0.39, 0.29) is 35.4 Å². The minimum atomic E-state index is -0.712. The van der Waals surface area contributed by atoms with Crippen molar-refractivity contribution in [2.24, 2.45) is 46.3 Å². The van der Waals surface area contributed by atoms with Gasteiger partial charge in [0.25, 0.3) is 0 Å². The molecular formula is C45H76O5. The van der Waals surface area contributed by atoms with Crippen LogP contribution in [0.4, 0.5) is 0 Å². The average Bonchev–Trinajstić information content (AvgIpc) is 3.46. The molecule has 4 saturated carbocycles. The predicted molar refractivity (Wildman–Crippen MR) is 206 cm³/mol. The Bertz CT molecular complexity index is 1080. The van der Waals surface area contributed by atoms with Gasteiger partial charge in [-0.1, -0.05) is 103 Å². The largest absolute Gasteiger partial charge is 0.481 e. The number of carbonyl (C=O) groups is 2. The van der Waals surface area contributed by atoms with Gasteiger partial charge in [-0.25, -0.2) is 0 Å². The zero-order valence-corrected chi connectivity index (χ0v) is 32.7. The van der Waals surface area contributed by atoms with Gasteiger partial charge in [-0.2, -0.15) is 0 Å². The summed E-state index contributed by atoms with van der Waals surface area (Å²) in [6.07, 6.45) is 36.5. The number of aliphatic hydroxyl groups is 1.